The molecule has 20 heavy (non-hydrogen) atoms. The van der Waals surface area contributed by atoms with Crippen molar-refractivity contribution < 1.29 is 0 Å². The summed E-state index contributed by atoms with van der Waals surface area (Å²) in [4.78, 5) is 7.63. The first kappa shape index (κ1) is 13.0. The quantitative estimate of drug-likeness (QED) is 0.590. The smallest absolute Gasteiger partial charge is 0.188 e. The van der Waals surface area contributed by atoms with Crippen LogP contribution in [0.15, 0.2) is 35.5 Å². The van der Waals surface area contributed by atoms with Crippen LogP contribution in [-0.2, 0) is 6.42 Å². The zero-order chi connectivity index (χ0) is 13.8. The molecular weight excluding hydrogens is 248 g/mol. The molecule has 0 spiro atoms. The van der Waals surface area contributed by atoms with E-state index in [1.807, 2.05) is 6.20 Å². The molecule has 1 aromatic heterocycles. The van der Waals surface area contributed by atoms with E-state index in [0.29, 0.717) is 12.0 Å². The third kappa shape index (κ3) is 3.13. The molecule has 3 rings (SSSR count). The van der Waals surface area contributed by atoms with E-state index in [9.17, 15) is 0 Å². The Kier molecular flexibility index (Phi) is 3.90. The maximum absolute atomic E-state index is 5.93. The summed E-state index contributed by atoms with van der Waals surface area (Å²) >= 11 is 0. The van der Waals surface area contributed by atoms with Gasteiger partial charge in [0.05, 0.1) is 0 Å². The lowest BCUT2D eigenvalue weighted by molar-refractivity contribution is 0.625. The van der Waals surface area contributed by atoms with Crippen LogP contribution < -0.4 is 11.1 Å². The minimum Gasteiger partial charge on any atom is -0.370 e. The number of guanidine groups is 1. The lowest BCUT2D eigenvalue weighted by Gasteiger charge is -2.12. The number of nitrogens with zero attached hydrogens (tertiary/aromatic N) is 1. The van der Waals surface area contributed by atoms with Gasteiger partial charge < -0.3 is 16.0 Å². The number of hydrogen-bond donors (Lipinski definition) is 3. The second kappa shape index (κ2) is 5.99. The molecule has 1 aliphatic rings. The van der Waals surface area contributed by atoms with Crippen LogP contribution in [-0.4, -0.2) is 23.5 Å². The lowest BCUT2D eigenvalue weighted by atomic mass is 10.1. The summed E-state index contributed by atoms with van der Waals surface area (Å²) in [5.41, 5.74) is 8.41. The number of aromatic nitrogens is 1. The van der Waals surface area contributed by atoms with Crippen LogP contribution in [0.2, 0.25) is 0 Å². The molecule has 2 aromatic rings. The van der Waals surface area contributed by atoms with E-state index < -0.39 is 0 Å². The average Bonchev–Trinajstić information content (AvgIpc) is 3.09. The molecule has 0 aliphatic heterocycles. The minimum atomic E-state index is 0.537. The largest absolute Gasteiger partial charge is 0.370 e. The highest BCUT2D eigenvalue weighted by atomic mass is 15.1. The molecule has 0 saturated heterocycles. The van der Waals surface area contributed by atoms with E-state index in [1.165, 1.54) is 42.1 Å². The van der Waals surface area contributed by atoms with Gasteiger partial charge in [-0.15, -0.1) is 0 Å². The van der Waals surface area contributed by atoms with E-state index in [1.54, 1.807) is 0 Å². The molecule has 1 saturated carbocycles. The topological polar surface area (TPSA) is 66.2 Å². The third-order valence-corrected chi connectivity index (χ3v) is 4.01. The number of fused-ring (bicyclic) bond motifs is 1. The van der Waals surface area contributed by atoms with E-state index in [4.69, 9.17) is 5.73 Å². The second-order valence-electron chi connectivity index (χ2n) is 5.54. The zero-order valence-electron chi connectivity index (χ0n) is 11.7. The fourth-order valence-electron chi connectivity index (χ4n) is 2.89. The molecule has 1 aliphatic carbocycles. The normalized spacial score (nSPS) is 16.9. The van der Waals surface area contributed by atoms with Gasteiger partial charge >= 0.3 is 0 Å². The Bertz CT molecular complexity index is 593. The molecule has 0 atom stereocenters. The van der Waals surface area contributed by atoms with Crippen molar-refractivity contribution in [2.24, 2.45) is 10.7 Å². The first-order chi connectivity index (χ1) is 9.81. The maximum Gasteiger partial charge on any atom is 0.188 e. The van der Waals surface area contributed by atoms with E-state index in [2.05, 4.69) is 39.6 Å². The predicted molar refractivity (Wildman–Crippen MR) is 83.9 cm³/mol. The first-order valence-electron chi connectivity index (χ1n) is 7.44. The summed E-state index contributed by atoms with van der Waals surface area (Å²) in [7, 11) is 0. The van der Waals surface area contributed by atoms with Crippen molar-refractivity contribution in [3.05, 3.63) is 36.0 Å². The molecule has 106 valence electrons. The summed E-state index contributed by atoms with van der Waals surface area (Å²) < 4.78 is 0. The van der Waals surface area contributed by atoms with Gasteiger partial charge in [0.1, 0.15) is 0 Å². The number of aromatic amines is 1. The fourth-order valence-corrected chi connectivity index (χ4v) is 2.89. The fraction of sp³-hybridized carbons (Fsp3) is 0.438. The molecule has 1 heterocycles. The number of nitrogens with two attached hydrogens (primary N) is 1. The van der Waals surface area contributed by atoms with Crippen molar-refractivity contribution in [2.75, 3.05) is 6.54 Å². The van der Waals surface area contributed by atoms with E-state index in [-0.39, 0.29) is 0 Å². The zero-order valence-corrected chi connectivity index (χ0v) is 11.7. The Morgan fingerprint density at radius 2 is 2.15 bits per heavy atom. The molecule has 4 N–H and O–H groups in total. The van der Waals surface area contributed by atoms with Gasteiger partial charge in [-0.3, -0.25) is 4.99 Å². The van der Waals surface area contributed by atoms with Crippen LogP contribution in [0.5, 0.6) is 0 Å². The van der Waals surface area contributed by atoms with Gasteiger partial charge in [0, 0.05) is 24.3 Å². The Morgan fingerprint density at radius 3 is 3.00 bits per heavy atom. The molecular formula is C16H22N4. The predicted octanol–water partition coefficient (Wildman–Crippen LogP) is 2.56. The van der Waals surface area contributed by atoms with Crippen LogP contribution in [0.1, 0.15) is 31.2 Å². The molecule has 4 heteroatoms. The standard InChI is InChI=1S/C16H22N4/c17-16(20-14-3-1-2-4-14)19-9-7-12-5-6-15-13(11-12)8-10-18-15/h5-6,8,10-11,14,18H,1-4,7,9H2,(H3,17,19,20). The number of hydrogen-bond acceptors (Lipinski definition) is 1. The van der Waals surface area contributed by atoms with Crippen molar-refractivity contribution in [1.29, 1.82) is 0 Å². The summed E-state index contributed by atoms with van der Waals surface area (Å²) in [5, 5.41) is 4.57. The van der Waals surface area contributed by atoms with Gasteiger partial charge in [0.15, 0.2) is 5.96 Å². The maximum atomic E-state index is 5.93. The highest BCUT2D eigenvalue weighted by molar-refractivity contribution is 5.80. The molecule has 1 aromatic carbocycles. The van der Waals surface area contributed by atoms with Crippen LogP contribution in [0.25, 0.3) is 10.9 Å². The molecule has 0 radical (unpaired) electrons. The summed E-state index contributed by atoms with van der Waals surface area (Å²) in [5.74, 6) is 0.597. The van der Waals surface area contributed by atoms with E-state index in [0.717, 1.165) is 13.0 Å². The molecule has 1 fully saturated rings. The molecule has 0 bridgehead atoms. The highest BCUT2D eigenvalue weighted by Crippen LogP contribution is 2.17. The average molecular weight is 270 g/mol. The monoisotopic (exact) mass is 270 g/mol. The van der Waals surface area contributed by atoms with Crippen molar-refractivity contribution in [3.63, 3.8) is 0 Å². The van der Waals surface area contributed by atoms with Gasteiger partial charge in [-0.05, 0) is 48.4 Å². The van der Waals surface area contributed by atoms with Crippen molar-refractivity contribution >= 4 is 16.9 Å². The Hall–Kier alpha value is -1.97. The molecule has 0 unspecified atom stereocenters. The summed E-state index contributed by atoms with van der Waals surface area (Å²) in [6.45, 7) is 0.738. The van der Waals surface area contributed by atoms with Gasteiger partial charge in [-0.1, -0.05) is 18.9 Å². The lowest BCUT2D eigenvalue weighted by Crippen LogP contribution is -2.38. The van der Waals surface area contributed by atoms with Crippen molar-refractivity contribution in [3.8, 4) is 0 Å². The highest BCUT2D eigenvalue weighted by Gasteiger charge is 2.14. The van der Waals surface area contributed by atoms with Crippen LogP contribution >= 0.6 is 0 Å². The van der Waals surface area contributed by atoms with Gasteiger partial charge in [-0.25, -0.2) is 0 Å². The SMILES string of the molecule is NC(=NCCc1ccc2[nH]ccc2c1)NC1CCCC1. The number of aliphatic imine (C=N–C) groups is 1. The van der Waals surface area contributed by atoms with Gasteiger partial charge in [0.2, 0.25) is 0 Å². The van der Waals surface area contributed by atoms with Gasteiger partial charge in [-0.2, -0.15) is 0 Å². The van der Waals surface area contributed by atoms with Crippen LogP contribution in [0, 0.1) is 0 Å². The second-order valence-corrected chi connectivity index (χ2v) is 5.54. The van der Waals surface area contributed by atoms with Crippen LogP contribution in [0.4, 0.5) is 0 Å². The number of benzene rings is 1. The minimum absolute atomic E-state index is 0.537. The molecule has 0 amide bonds. The number of nitrogens with one attached hydrogen (secondary N) is 2. The third-order valence-electron chi connectivity index (χ3n) is 4.01. The Labute approximate surface area is 119 Å². The Balaban J connectivity index is 1.52. The van der Waals surface area contributed by atoms with Crippen LogP contribution in [0.3, 0.4) is 0 Å². The van der Waals surface area contributed by atoms with Gasteiger partial charge in [0.25, 0.3) is 0 Å². The number of rotatable bonds is 4. The summed E-state index contributed by atoms with van der Waals surface area (Å²) in [6.07, 6.45) is 7.95. The Morgan fingerprint density at radius 1 is 1.30 bits per heavy atom. The molecule has 4 nitrogen and oxygen atoms in total. The van der Waals surface area contributed by atoms with E-state index >= 15 is 0 Å². The van der Waals surface area contributed by atoms with Crippen molar-refractivity contribution in [2.45, 2.75) is 38.1 Å². The van der Waals surface area contributed by atoms with Crippen molar-refractivity contribution in [1.82, 2.24) is 10.3 Å². The number of H-pyrrole nitrogens is 1. The summed E-state index contributed by atoms with van der Waals surface area (Å²) in [6, 6.07) is 9.11. The first-order valence-corrected chi connectivity index (χ1v) is 7.44.